The van der Waals surface area contributed by atoms with Crippen molar-refractivity contribution in [3.63, 3.8) is 0 Å². The van der Waals surface area contributed by atoms with Crippen molar-refractivity contribution < 1.29 is 4.79 Å². The molecule has 1 aliphatic rings. The van der Waals surface area contributed by atoms with Crippen molar-refractivity contribution in [3.8, 4) is 0 Å². The van der Waals surface area contributed by atoms with Crippen LogP contribution in [-0.2, 0) is 17.1 Å². The summed E-state index contributed by atoms with van der Waals surface area (Å²) in [6.07, 6.45) is 2.64. The Kier molecular flexibility index (Phi) is 5.19. The number of carbonyl (C=O) groups excluding carboxylic acids is 1. The van der Waals surface area contributed by atoms with Crippen LogP contribution in [0, 0.1) is 0 Å². The lowest BCUT2D eigenvalue weighted by atomic mass is 10.0. The third kappa shape index (κ3) is 3.91. The molecule has 0 spiro atoms. The zero-order chi connectivity index (χ0) is 13.8. The molecule has 106 valence electrons. The molecule has 1 aromatic rings. The van der Waals surface area contributed by atoms with Gasteiger partial charge in [0.05, 0.1) is 18.0 Å². The van der Waals surface area contributed by atoms with Crippen molar-refractivity contribution in [2.24, 2.45) is 0 Å². The largest absolute Gasteiger partial charge is 0.341 e. The van der Waals surface area contributed by atoms with Gasteiger partial charge < -0.3 is 9.80 Å². The molecule has 0 aliphatic carbocycles. The van der Waals surface area contributed by atoms with E-state index in [9.17, 15) is 4.79 Å². The number of piperidine rings is 1. The van der Waals surface area contributed by atoms with E-state index in [0.717, 1.165) is 36.6 Å². The summed E-state index contributed by atoms with van der Waals surface area (Å²) < 4.78 is 0. The zero-order valence-corrected chi connectivity index (χ0v) is 13.0. The van der Waals surface area contributed by atoms with Crippen LogP contribution >= 0.6 is 22.9 Å². The maximum absolute atomic E-state index is 12.3. The number of halogens is 1. The highest BCUT2D eigenvalue weighted by molar-refractivity contribution is 7.09. The molecule has 6 heteroatoms. The fourth-order valence-corrected chi connectivity index (χ4v) is 3.42. The molecule has 1 atom stereocenters. The number of likely N-dealkylation sites (N-methyl/N-ethyl adjacent to an activating group) is 2. The second-order valence-electron chi connectivity index (χ2n) is 5.11. The van der Waals surface area contributed by atoms with Crippen LogP contribution in [0.3, 0.4) is 0 Å². The van der Waals surface area contributed by atoms with Gasteiger partial charge in [-0.05, 0) is 26.4 Å². The van der Waals surface area contributed by atoms with Crippen molar-refractivity contribution in [1.29, 1.82) is 0 Å². The topological polar surface area (TPSA) is 36.4 Å². The SMILES string of the molecule is CN1CCCC(N(C)C(=O)Cc2nc(CCl)cs2)C1. The summed E-state index contributed by atoms with van der Waals surface area (Å²) in [6, 6.07) is 0.332. The number of carbonyl (C=O) groups is 1. The minimum Gasteiger partial charge on any atom is -0.341 e. The Balaban J connectivity index is 1.91. The molecule has 4 nitrogen and oxygen atoms in total. The molecular weight excluding hydrogens is 282 g/mol. The second-order valence-corrected chi connectivity index (χ2v) is 6.32. The molecule has 1 unspecified atom stereocenters. The summed E-state index contributed by atoms with van der Waals surface area (Å²) in [5.41, 5.74) is 0.856. The Morgan fingerprint density at radius 3 is 3.11 bits per heavy atom. The average Bonchev–Trinajstić information content (AvgIpc) is 2.85. The van der Waals surface area contributed by atoms with Gasteiger partial charge in [0.1, 0.15) is 5.01 Å². The molecule has 0 N–H and O–H groups in total. The van der Waals surface area contributed by atoms with Crippen LogP contribution in [0.2, 0.25) is 0 Å². The number of amides is 1. The molecule has 0 bridgehead atoms. The number of aromatic nitrogens is 1. The van der Waals surface area contributed by atoms with E-state index in [1.165, 1.54) is 11.3 Å². The fourth-order valence-electron chi connectivity index (χ4n) is 2.40. The van der Waals surface area contributed by atoms with Crippen molar-refractivity contribution in [2.45, 2.75) is 31.2 Å². The lowest BCUT2D eigenvalue weighted by molar-refractivity contribution is -0.132. The summed E-state index contributed by atoms with van der Waals surface area (Å²) in [5.74, 6) is 0.560. The van der Waals surface area contributed by atoms with Crippen molar-refractivity contribution >= 4 is 28.8 Å². The van der Waals surface area contributed by atoms with E-state index in [1.807, 2.05) is 17.3 Å². The van der Waals surface area contributed by atoms with E-state index in [-0.39, 0.29) is 5.91 Å². The first kappa shape index (κ1) is 14.8. The second kappa shape index (κ2) is 6.68. The lowest BCUT2D eigenvalue weighted by Crippen LogP contribution is -2.47. The van der Waals surface area contributed by atoms with Gasteiger partial charge in [-0.25, -0.2) is 4.98 Å². The Bertz CT molecular complexity index is 437. The molecule has 19 heavy (non-hydrogen) atoms. The van der Waals surface area contributed by atoms with Crippen LogP contribution in [0.25, 0.3) is 0 Å². The van der Waals surface area contributed by atoms with Gasteiger partial charge in [-0.3, -0.25) is 4.79 Å². The van der Waals surface area contributed by atoms with Gasteiger partial charge in [-0.2, -0.15) is 0 Å². The minimum absolute atomic E-state index is 0.149. The number of hydrogen-bond acceptors (Lipinski definition) is 4. The summed E-state index contributed by atoms with van der Waals surface area (Å²) >= 11 is 7.23. The van der Waals surface area contributed by atoms with Gasteiger partial charge in [-0.1, -0.05) is 0 Å². The van der Waals surface area contributed by atoms with Crippen LogP contribution in [-0.4, -0.2) is 53.9 Å². The molecule has 0 saturated carbocycles. The van der Waals surface area contributed by atoms with Crippen molar-refractivity contribution in [1.82, 2.24) is 14.8 Å². The zero-order valence-electron chi connectivity index (χ0n) is 11.4. The van der Waals surface area contributed by atoms with Gasteiger partial charge in [-0.15, -0.1) is 22.9 Å². The Hall–Kier alpha value is -0.650. The molecule has 1 amide bonds. The highest BCUT2D eigenvalue weighted by atomic mass is 35.5. The van der Waals surface area contributed by atoms with E-state index < -0.39 is 0 Å². The van der Waals surface area contributed by atoms with Crippen molar-refractivity contribution in [3.05, 3.63) is 16.1 Å². The van der Waals surface area contributed by atoms with E-state index in [2.05, 4.69) is 16.9 Å². The molecule has 1 saturated heterocycles. The monoisotopic (exact) mass is 301 g/mol. The van der Waals surface area contributed by atoms with E-state index in [4.69, 9.17) is 11.6 Å². The van der Waals surface area contributed by atoms with Gasteiger partial charge in [0, 0.05) is 25.0 Å². The maximum Gasteiger partial charge on any atom is 0.229 e. The van der Waals surface area contributed by atoms with Gasteiger partial charge in [0.15, 0.2) is 0 Å². The highest BCUT2D eigenvalue weighted by Crippen LogP contribution is 2.17. The number of hydrogen-bond donors (Lipinski definition) is 0. The number of likely N-dealkylation sites (tertiary alicyclic amines) is 1. The third-order valence-corrected chi connectivity index (χ3v) is 4.75. The smallest absolute Gasteiger partial charge is 0.229 e. The van der Waals surface area contributed by atoms with Crippen LogP contribution in [0.1, 0.15) is 23.5 Å². The molecule has 1 aliphatic heterocycles. The molecule has 0 radical (unpaired) electrons. The fraction of sp³-hybridized carbons (Fsp3) is 0.692. The number of alkyl halides is 1. The first-order valence-electron chi connectivity index (χ1n) is 6.53. The highest BCUT2D eigenvalue weighted by Gasteiger charge is 2.24. The number of thiazole rings is 1. The predicted molar refractivity (Wildman–Crippen MR) is 78.7 cm³/mol. The minimum atomic E-state index is 0.149. The summed E-state index contributed by atoms with van der Waals surface area (Å²) in [7, 11) is 4.01. The Morgan fingerprint density at radius 1 is 1.68 bits per heavy atom. The molecule has 2 heterocycles. The standard InChI is InChI=1S/C13H20ClN3OS/c1-16-5-3-4-11(8-16)17(2)13(18)6-12-15-10(7-14)9-19-12/h9,11H,3-8H2,1-2H3. The Morgan fingerprint density at radius 2 is 2.47 bits per heavy atom. The lowest BCUT2D eigenvalue weighted by Gasteiger charge is -2.35. The van der Waals surface area contributed by atoms with E-state index in [1.54, 1.807) is 0 Å². The Labute approximate surface area is 123 Å². The number of nitrogens with zero attached hydrogens (tertiary/aromatic N) is 3. The van der Waals surface area contributed by atoms with Crippen LogP contribution in [0.4, 0.5) is 0 Å². The first-order chi connectivity index (χ1) is 9.10. The normalized spacial score (nSPS) is 20.5. The van der Waals surface area contributed by atoms with Crippen LogP contribution in [0.5, 0.6) is 0 Å². The quantitative estimate of drug-likeness (QED) is 0.798. The summed E-state index contributed by atoms with van der Waals surface area (Å²) in [6.45, 7) is 2.09. The summed E-state index contributed by atoms with van der Waals surface area (Å²) in [4.78, 5) is 20.8. The van der Waals surface area contributed by atoms with Crippen LogP contribution < -0.4 is 0 Å². The molecular formula is C13H20ClN3OS. The van der Waals surface area contributed by atoms with Gasteiger partial charge >= 0.3 is 0 Å². The van der Waals surface area contributed by atoms with E-state index >= 15 is 0 Å². The molecule has 0 aromatic carbocycles. The van der Waals surface area contributed by atoms with E-state index in [0.29, 0.717) is 18.3 Å². The number of rotatable bonds is 4. The first-order valence-corrected chi connectivity index (χ1v) is 7.95. The summed E-state index contributed by atoms with van der Waals surface area (Å²) in [5, 5.41) is 2.78. The molecule has 1 fully saturated rings. The van der Waals surface area contributed by atoms with Gasteiger partial charge in [0.2, 0.25) is 5.91 Å². The van der Waals surface area contributed by atoms with Gasteiger partial charge in [0.25, 0.3) is 0 Å². The maximum atomic E-state index is 12.3. The predicted octanol–water partition coefficient (Wildman–Crippen LogP) is 1.98. The third-order valence-electron chi connectivity index (χ3n) is 3.58. The average molecular weight is 302 g/mol. The molecule has 1 aromatic heterocycles. The molecule has 2 rings (SSSR count). The van der Waals surface area contributed by atoms with Crippen molar-refractivity contribution in [2.75, 3.05) is 27.2 Å². The van der Waals surface area contributed by atoms with Crippen LogP contribution in [0.15, 0.2) is 5.38 Å².